The molecule has 0 amide bonds. The van der Waals surface area contributed by atoms with Gasteiger partial charge in [0.15, 0.2) is 0 Å². The Kier molecular flexibility index (Phi) is 7.23. The maximum atomic E-state index is 5.90. The van der Waals surface area contributed by atoms with Crippen LogP contribution in [0.4, 0.5) is 0 Å². The van der Waals surface area contributed by atoms with Crippen LogP contribution in [-0.2, 0) is 18.0 Å². The van der Waals surface area contributed by atoms with Crippen molar-refractivity contribution in [1.82, 2.24) is 0 Å². The van der Waals surface area contributed by atoms with E-state index in [0.29, 0.717) is 12.5 Å². The van der Waals surface area contributed by atoms with Gasteiger partial charge in [0.05, 0.1) is 12.7 Å². The normalized spacial score (nSPS) is 19.5. The summed E-state index contributed by atoms with van der Waals surface area (Å²) in [5, 5.41) is 0. The first-order valence-corrected chi connectivity index (χ1v) is 7.52. The molecular formula is C11H24O4Si. The molecule has 1 saturated carbocycles. The van der Waals surface area contributed by atoms with Gasteiger partial charge >= 0.3 is 9.53 Å². The first kappa shape index (κ1) is 14.1. The summed E-state index contributed by atoms with van der Waals surface area (Å²) in [5.74, 6) is 0.617. The predicted octanol–water partition coefficient (Wildman–Crippen LogP) is 1.61. The van der Waals surface area contributed by atoms with Crippen LogP contribution in [0.25, 0.3) is 0 Å². The van der Waals surface area contributed by atoms with Crippen LogP contribution in [-0.4, -0.2) is 43.1 Å². The van der Waals surface area contributed by atoms with Crippen molar-refractivity contribution in [3.05, 3.63) is 0 Å². The zero-order valence-electron chi connectivity index (χ0n) is 10.6. The van der Waals surface area contributed by atoms with Crippen molar-refractivity contribution < 1.29 is 18.0 Å². The van der Waals surface area contributed by atoms with E-state index >= 15 is 0 Å². The van der Waals surface area contributed by atoms with Gasteiger partial charge in [-0.3, -0.25) is 0 Å². The molecule has 0 bridgehead atoms. The molecule has 96 valence electrons. The second-order valence-corrected chi connectivity index (χ2v) is 5.93. The summed E-state index contributed by atoms with van der Waals surface area (Å²) in [7, 11) is 1.36. The second kappa shape index (κ2) is 8.19. The molecule has 4 nitrogen and oxygen atoms in total. The summed E-state index contributed by atoms with van der Waals surface area (Å²) in [5.41, 5.74) is 0. The van der Waals surface area contributed by atoms with Crippen LogP contribution in [0.1, 0.15) is 32.6 Å². The first-order valence-electron chi connectivity index (χ1n) is 6.10. The van der Waals surface area contributed by atoms with E-state index < -0.39 is 9.53 Å². The minimum absolute atomic E-state index is 0.152. The molecule has 0 aromatic heterocycles. The Morgan fingerprint density at radius 1 is 1.19 bits per heavy atom. The average Bonchev–Trinajstić information content (AvgIpc) is 2.83. The Morgan fingerprint density at radius 3 is 2.31 bits per heavy atom. The van der Waals surface area contributed by atoms with Crippen molar-refractivity contribution in [3.63, 3.8) is 0 Å². The molecule has 1 atom stereocenters. The molecule has 1 rings (SSSR count). The average molecular weight is 248 g/mol. The minimum atomic E-state index is -1.93. The van der Waals surface area contributed by atoms with Crippen molar-refractivity contribution >= 4 is 9.53 Å². The van der Waals surface area contributed by atoms with E-state index in [1.165, 1.54) is 25.7 Å². The highest BCUT2D eigenvalue weighted by molar-refractivity contribution is 6.36. The van der Waals surface area contributed by atoms with E-state index in [1.54, 1.807) is 14.2 Å². The van der Waals surface area contributed by atoms with Crippen LogP contribution in [0, 0.1) is 5.92 Å². The topological polar surface area (TPSA) is 36.9 Å². The third-order valence-electron chi connectivity index (χ3n) is 3.08. The number of hydrogen-bond donors (Lipinski definition) is 0. The van der Waals surface area contributed by atoms with Crippen molar-refractivity contribution in [1.29, 1.82) is 0 Å². The zero-order chi connectivity index (χ0) is 11.8. The molecule has 0 heterocycles. The Morgan fingerprint density at radius 2 is 1.81 bits per heavy atom. The molecule has 5 heteroatoms. The van der Waals surface area contributed by atoms with Crippen LogP contribution >= 0.6 is 0 Å². The largest absolute Gasteiger partial charge is 0.484 e. The standard InChI is InChI=1S/C11H24O4Si/c1-4-14-9-11(10-7-5-6-8-10)15-16(12-2)13-3/h10-11,16H,4-9H2,1-3H3. The third kappa shape index (κ3) is 4.51. The summed E-state index contributed by atoms with van der Waals surface area (Å²) >= 11 is 0. The summed E-state index contributed by atoms with van der Waals surface area (Å²) in [6.45, 7) is 3.41. The van der Waals surface area contributed by atoms with Crippen molar-refractivity contribution in [2.75, 3.05) is 27.4 Å². The number of rotatable bonds is 8. The number of hydrogen-bond acceptors (Lipinski definition) is 4. The fourth-order valence-corrected chi connectivity index (χ4v) is 3.20. The van der Waals surface area contributed by atoms with Crippen LogP contribution < -0.4 is 0 Å². The lowest BCUT2D eigenvalue weighted by Gasteiger charge is -2.26. The van der Waals surface area contributed by atoms with E-state index in [2.05, 4.69) is 0 Å². The summed E-state index contributed by atoms with van der Waals surface area (Å²) < 4.78 is 21.8. The lowest BCUT2D eigenvalue weighted by Crippen LogP contribution is -2.36. The van der Waals surface area contributed by atoms with Gasteiger partial charge in [0.1, 0.15) is 0 Å². The van der Waals surface area contributed by atoms with Gasteiger partial charge in [-0.15, -0.1) is 0 Å². The van der Waals surface area contributed by atoms with Gasteiger partial charge < -0.3 is 18.0 Å². The van der Waals surface area contributed by atoms with Gasteiger partial charge in [-0.1, -0.05) is 12.8 Å². The Bertz CT molecular complexity index is 169. The van der Waals surface area contributed by atoms with Crippen LogP contribution in [0.15, 0.2) is 0 Å². The Hall–Kier alpha value is 0.0569. The van der Waals surface area contributed by atoms with Crippen molar-refractivity contribution in [2.45, 2.75) is 38.7 Å². The molecule has 0 radical (unpaired) electrons. The van der Waals surface area contributed by atoms with Crippen LogP contribution in [0.2, 0.25) is 0 Å². The summed E-state index contributed by atoms with van der Waals surface area (Å²) in [6, 6.07) is 0. The molecule has 0 aromatic carbocycles. The van der Waals surface area contributed by atoms with Gasteiger partial charge in [0, 0.05) is 20.8 Å². The summed E-state index contributed by atoms with van der Waals surface area (Å²) in [4.78, 5) is 0. The molecule has 0 aromatic rings. The van der Waals surface area contributed by atoms with Gasteiger partial charge in [0.2, 0.25) is 0 Å². The molecule has 0 spiro atoms. The molecule has 0 N–H and O–H groups in total. The lowest BCUT2D eigenvalue weighted by molar-refractivity contribution is -0.00850. The molecule has 1 aliphatic carbocycles. The molecule has 1 aliphatic rings. The second-order valence-electron chi connectivity index (χ2n) is 4.14. The van der Waals surface area contributed by atoms with E-state index in [1.807, 2.05) is 6.92 Å². The van der Waals surface area contributed by atoms with E-state index in [4.69, 9.17) is 18.0 Å². The maximum Gasteiger partial charge on any atom is 0.484 e. The SMILES string of the molecule is CCOCC(O[SiH](OC)OC)C1CCCC1. The quantitative estimate of drug-likeness (QED) is 0.612. The van der Waals surface area contributed by atoms with Crippen molar-refractivity contribution in [2.24, 2.45) is 5.92 Å². The number of ether oxygens (including phenoxy) is 1. The smallest absolute Gasteiger partial charge is 0.379 e. The minimum Gasteiger partial charge on any atom is -0.379 e. The van der Waals surface area contributed by atoms with Gasteiger partial charge in [-0.25, -0.2) is 0 Å². The highest BCUT2D eigenvalue weighted by atomic mass is 28.3. The van der Waals surface area contributed by atoms with Gasteiger partial charge in [-0.05, 0) is 25.7 Å². The van der Waals surface area contributed by atoms with E-state index in [-0.39, 0.29) is 6.10 Å². The highest BCUT2D eigenvalue weighted by Crippen LogP contribution is 2.29. The fraction of sp³-hybridized carbons (Fsp3) is 1.00. The monoisotopic (exact) mass is 248 g/mol. The molecule has 0 saturated heterocycles. The predicted molar refractivity (Wildman–Crippen MR) is 64.5 cm³/mol. The highest BCUT2D eigenvalue weighted by Gasteiger charge is 2.29. The fourth-order valence-electron chi connectivity index (χ4n) is 2.20. The van der Waals surface area contributed by atoms with Gasteiger partial charge in [-0.2, -0.15) is 0 Å². The summed E-state index contributed by atoms with van der Waals surface area (Å²) in [6.07, 6.45) is 5.25. The van der Waals surface area contributed by atoms with Crippen molar-refractivity contribution in [3.8, 4) is 0 Å². The van der Waals surface area contributed by atoms with Gasteiger partial charge in [0.25, 0.3) is 0 Å². The third-order valence-corrected chi connectivity index (χ3v) is 4.42. The maximum absolute atomic E-state index is 5.90. The Labute approximate surface area is 100 Å². The van der Waals surface area contributed by atoms with E-state index in [9.17, 15) is 0 Å². The molecule has 1 unspecified atom stereocenters. The first-order chi connectivity index (χ1) is 7.81. The molecule has 16 heavy (non-hydrogen) atoms. The molecule has 1 fully saturated rings. The van der Waals surface area contributed by atoms with E-state index in [0.717, 1.165) is 6.61 Å². The molecular weight excluding hydrogens is 224 g/mol. The zero-order valence-corrected chi connectivity index (χ0v) is 11.8. The lowest BCUT2D eigenvalue weighted by atomic mass is 10.0. The van der Waals surface area contributed by atoms with Crippen LogP contribution in [0.3, 0.4) is 0 Å². The Balaban J connectivity index is 2.41. The molecule has 0 aliphatic heterocycles. The van der Waals surface area contributed by atoms with Crippen LogP contribution in [0.5, 0.6) is 0 Å².